The van der Waals surface area contributed by atoms with Gasteiger partial charge in [-0.1, -0.05) is 6.07 Å². The number of benzene rings is 1. The molecular formula is C12H16N2O4. The van der Waals surface area contributed by atoms with Crippen LogP contribution in [0.1, 0.15) is 15.9 Å². The van der Waals surface area contributed by atoms with E-state index < -0.39 is 17.9 Å². The first-order valence-electron chi connectivity index (χ1n) is 5.35. The standard InChI is InChI=1S/C12H16N2O4/c1-7-3-4-8(5-9(7)12(16)17)14-11(15)10(13)6-18-2/h3-5,10H,6,13H2,1-2H3,(H,14,15)(H,16,17). The number of aromatic carboxylic acids is 1. The van der Waals surface area contributed by atoms with Crippen molar-refractivity contribution in [1.29, 1.82) is 0 Å². The quantitative estimate of drug-likeness (QED) is 0.712. The van der Waals surface area contributed by atoms with E-state index in [-0.39, 0.29) is 12.2 Å². The number of hydrogen-bond donors (Lipinski definition) is 3. The summed E-state index contributed by atoms with van der Waals surface area (Å²) in [6.45, 7) is 1.79. The lowest BCUT2D eigenvalue weighted by Gasteiger charge is -2.12. The van der Waals surface area contributed by atoms with Gasteiger partial charge in [0.05, 0.1) is 12.2 Å². The third kappa shape index (κ3) is 3.54. The molecular weight excluding hydrogens is 236 g/mol. The van der Waals surface area contributed by atoms with Crippen molar-refractivity contribution in [2.24, 2.45) is 5.73 Å². The Balaban J connectivity index is 2.82. The van der Waals surface area contributed by atoms with Crippen molar-refractivity contribution in [3.63, 3.8) is 0 Å². The summed E-state index contributed by atoms with van der Waals surface area (Å²) in [5.74, 6) is -1.46. The van der Waals surface area contributed by atoms with E-state index in [9.17, 15) is 9.59 Å². The molecule has 0 aliphatic heterocycles. The number of aryl methyl sites for hydroxylation is 1. The van der Waals surface area contributed by atoms with Crippen molar-refractivity contribution in [1.82, 2.24) is 0 Å². The van der Waals surface area contributed by atoms with Gasteiger partial charge in [-0.15, -0.1) is 0 Å². The summed E-state index contributed by atoms with van der Waals surface area (Å²) in [5.41, 5.74) is 6.72. The molecule has 1 atom stereocenters. The second kappa shape index (κ2) is 6.13. The number of carbonyl (C=O) groups excluding carboxylic acids is 1. The summed E-state index contributed by atoms with van der Waals surface area (Å²) in [5, 5.41) is 11.5. The van der Waals surface area contributed by atoms with E-state index in [1.807, 2.05) is 0 Å². The van der Waals surface area contributed by atoms with E-state index in [0.717, 1.165) is 0 Å². The van der Waals surface area contributed by atoms with Crippen LogP contribution < -0.4 is 11.1 Å². The molecule has 0 spiro atoms. The van der Waals surface area contributed by atoms with E-state index in [0.29, 0.717) is 11.3 Å². The fourth-order valence-electron chi connectivity index (χ4n) is 1.42. The van der Waals surface area contributed by atoms with Crippen LogP contribution in [0.2, 0.25) is 0 Å². The molecule has 1 amide bonds. The van der Waals surface area contributed by atoms with Crippen molar-refractivity contribution in [3.8, 4) is 0 Å². The van der Waals surface area contributed by atoms with Crippen molar-refractivity contribution in [2.45, 2.75) is 13.0 Å². The Hall–Kier alpha value is -1.92. The number of carboxylic acids is 1. The second-order valence-corrected chi connectivity index (χ2v) is 3.89. The van der Waals surface area contributed by atoms with Crippen LogP contribution in [0.15, 0.2) is 18.2 Å². The number of ether oxygens (including phenoxy) is 1. The van der Waals surface area contributed by atoms with Gasteiger partial charge in [0, 0.05) is 12.8 Å². The highest BCUT2D eigenvalue weighted by Crippen LogP contribution is 2.15. The molecule has 0 saturated heterocycles. The maximum atomic E-state index is 11.6. The maximum absolute atomic E-state index is 11.6. The monoisotopic (exact) mass is 252 g/mol. The number of methoxy groups -OCH3 is 1. The number of carboxylic acid groups (broad SMARTS) is 1. The molecule has 6 nitrogen and oxygen atoms in total. The topological polar surface area (TPSA) is 102 Å². The molecule has 1 aromatic rings. The number of carbonyl (C=O) groups is 2. The number of nitrogens with one attached hydrogen (secondary N) is 1. The molecule has 0 aromatic heterocycles. The molecule has 1 rings (SSSR count). The Morgan fingerprint density at radius 1 is 1.50 bits per heavy atom. The lowest BCUT2D eigenvalue weighted by Crippen LogP contribution is -2.39. The molecule has 98 valence electrons. The van der Waals surface area contributed by atoms with Gasteiger partial charge in [-0.25, -0.2) is 4.79 Å². The number of nitrogens with two attached hydrogens (primary N) is 1. The molecule has 1 unspecified atom stereocenters. The molecule has 6 heteroatoms. The van der Waals surface area contributed by atoms with E-state index in [1.54, 1.807) is 19.1 Å². The summed E-state index contributed by atoms with van der Waals surface area (Å²) in [4.78, 5) is 22.5. The Morgan fingerprint density at radius 3 is 2.72 bits per heavy atom. The lowest BCUT2D eigenvalue weighted by atomic mass is 10.1. The molecule has 0 aliphatic rings. The minimum atomic E-state index is -1.04. The average Bonchev–Trinajstić information content (AvgIpc) is 2.31. The van der Waals surface area contributed by atoms with Gasteiger partial charge in [0.25, 0.3) is 0 Å². The van der Waals surface area contributed by atoms with Crippen LogP contribution in [-0.4, -0.2) is 36.7 Å². The maximum Gasteiger partial charge on any atom is 0.336 e. The van der Waals surface area contributed by atoms with Crippen molar-refractivity contribution >= 4 is 17.6 Å². The average molecular weight is 252 g/mol. The molecule has 0 saturated carbocycles. The van der Waals surface area contributed by atoms with Crippen LogP contribution in [-0.2, 0) is 9.53 Å². The Morgan fingerprint density at radius 2 is 2.17 bits per heavy atom. The lowest BCUT2D eigenvalue weighted by molar-refractivity contribution is -0.118. The van der Waals surface area contributed by atoms with Crippen LogP contribution in [0.4, 0.5) is 5.69 Å². The van der Waals surface area contributed by atoms with Crippen LogP contribution in [0.3, 0.4) is 0 Å². The molecule has 18 heavy (non-hydrogen) atoms. The first-order valence-corrected chi connectivity index (χ1v) is 5.35. The summed E-state index contributed by atoms with van der Waals surface area (Å²) in [6, 6.07) is 3.86. The van der Waals surface area contributed by atoms with Crippen LogP contribution in [0, 0.1) is 6.92 Å². The third-order valence-electron chi connectivity index (χ3n) is 2.42. The zero-order valence-corrected chi connectivity index (χ0v) is 10.3. The number of rotatable bonds is 5. The Labute approximate surface area is 105 Å². The zero-order valence-electron chi connectivity index (χ0n) is 10.3. The van der Waals surface area contributed by atoms with Crippen LogP contribution in [0.25, 0.3) is 0 Å². The first-order chi connectivity index (χ1) is 8.45. The highest BCUT2D eigenvalue weighted by molar-refractivity contribution is 5.97. The van der Waals surface area contributed by atoms with Gasteiger partial charge in [-0.3, -0.25) is 4.79 Å². The summed E-state index contributed by atoms with van der Waals surface area (Å²) >= 11 is 0. The van der Waals surface area contributed by atoms with E-state index in [2.05, 4.69) is 5.32 Å². The smallest absolute Gasteiger partial charge is 0.336 e. The molecule has 0 radical (unpaired) electrons. The van der Waals surface area contributed by atoms with Gasteiger partial charge in [0.15, 0.2) is 0 Å². The first kappa shape index (κ1) is 14.1. The Kier molecular flexibility index (Phi) is 4.82. The van der Waals surface area contributed by atoms with Crippen LogP contribution >= 0.6 is 0 Å². The molecule has 0 bridgehead atoms. The summed E-state index contributed by atoms with van der Waals surface area (Å²) < 4.78 is 4.76. The van der Waals surface area contributed by atoms with Gasteiger partial charge in [0.1, 0.15) is 6.04 Å². The van der Waals surface area contributed by atoms with E-state index >= 15 is 0 Å². The molecule has 0 fully saturated rings. The summed E-state index contributed by atoms with van der Waals surface area (Å²) in [6.07, 6.45) is 0. The highest BCUT2D eigenvalue weighted by atomic mass is 16.5. The fraction of sp³-hybridized carbons (Fsp3) is 0.333. The van der Waals surface area contributed by atoms with Crippen LogP contribution in [0.5, 0.6) is 0 Å². The largest absolute Gasteiger partial charge is 0.478 e. The Bertz CT molecular complexity index is 459. The normalized spacial score (nSPS) is 11.9. The van der Waals surface area contributed by atoms with Gasteiger partial charge in [0.2, 0.25) is 5.91 Å². The molecule has 1 aromatic carbocycles. The van der Waals surface area contributed by atoms with Crippen molar-refractivity contribution in [2.75, 3.05) is 19.0 Å². The predicted octanol–water partition coefficient (Wildman–Crippen LogP) is 0.605. The van der Waals surface area contributed by atoms with Crippen molar-refractivity contribution in [3.05, 3.63) is 29.3 Å². The minimum absolute atomic E-state index is 0.101. The van der Waals surface area contributed by atoms with E-state index in [1.165, 1.54) is 13.2 Å². The molecule has 0 heterocycles. The predicted molar refractivity (Wildman–Crippen MR) is 66.6 cm³/mol. The van der Waals surface area contributed by atoms with Gasteiger partial charge < -0.3 is 20.9 Å². The number of amides is 1. The third-order valence-corrected chi connectivity index (χ3v) is 2.42. The molecule has 0 aliphatic carbocycles. The second-order valence-electron chi connectivity index (χ2n) is 3.89. The van der Waals surface area contributed by atoms with Gasteiger partial charge in [-0.05, 0) is 24.6 Å². The zero-order chi connectivity index (χ0) is 13.7. The van der Waals surface area contributed by atoms with Crippen molar-refractivity contribution < 1.29 is 19.4 Å². The SMILES string of the molecule is COCC(N)C(=O)Nc1ccc(C)c(C(=O)O)c1. The number of anilines is 1. The van der Waals surface area contributed by atoms with E-state index in [4.69, 9.17) is 15.6 Å². The highest BCUT2D eigenvalue weighted by Gasteiger charge is 2.14. The molecule has 4 N–H and O–H groups in total. The summed E-state index contributed by atoms with van der Waals surface area (Å²) in [7, 11) is 1.45. The van der Waals surface area contributed by atoms with Gasteiger partial charge >= 0.3 is 5.97 Å². The number of hydrogen-bond acceptors (Lipinski definition) is 4. The fourth-order valence-corrected chi connectivity index (χ4v) is 1.42. The van der Waals surface area contributed by atoms with Gasteiger partial charge in [-0.2, -0.15) is 0 Å². The minimum Gasteiger partial charge on any atom is -0.478 e.